The number of carbonyl (C=O) groups is 1. The van der Waals surface area contributed by atoms with E-state index in [4.69, 9.17) is 9.84 Å². The molecule has 2 N–H and O–H groups in total. The Labute approximate surface area is 88.1 Å². The molecule has 0 fully saturated rings. The van der Waals surface area contributed by atoms with Crippen LogP contribution < -0.4 is 4.74 Å². The summed E-state index contributed by atoms with van der Waals surface area (Å²) in [5.41, 5.74) is 0.586. The number of carboxylic acids is 1. The van der Waals surface area contributed by atoms with Gasteiger partial charge < -0.3 is 14.9 Å². The summed E-state index contributed by atoms with van der Waals surface area (Å²) in [5.74, 6) is -1.16. The molecule has 0 heterocycles. The van der Waals surface area contributed by atoms with Gasteiger partial charge in [-0.25, -0.2) is 0 Å². The molecule has 1 aromatic carbocycles. The Morgan fingerprint density at radius 2 is 2.20 bits per heavy atom. The lowest BCUT2D eigenvalue weighted by molar-refractivity contribution is -0.138. The lowest BCUT2D eigenvalue weighted by Crippen LogP contribution is -2.10. The summed E-state index contributed by atoms with van der Waals surface area (Å²) in [5, 5.41) is 18.4. The normalized spacial score (nSPS) is 12.1. The van der Waals surface area contributed by atoms with Gasteiger partial charge >= 0.3 is 5.97 Å². The Hall–Kier alpha value is -1.71. The zero-order valence-electron chi connectivity index (χ0n) is 8.73. The Balaban J connectivity index is 3.05. The molecule has 1 atom stereocenters. The van der Waals surface area contributed by atoms with Crippen molar-refractivity contribution in [1.29, 1.82) is 0 Å². The molecular weight excluding hydrogens is 196 g/mol. The quantitative estimate of drug-likeness (QED) is 0.797. The van der Waals surface area contributed by atoms with Gasteiger partial charge in [-0.1, -0.05) is 13.0 Å². The number of aliphatic carboxylic acids is 1. The van der Waals surface area contributed by atoms with Crippen LogP contribution in [0.3, 0.4) is 0 Å². The van der Waals surface area contributed by atoms with Gasteiger partial charge in [0.15, 0.2) is 11.5 Å². The number of carboxylic acid groups (broad SMARTS) is 1. The molecule has 0 saturated heterocycles. The van der Waals surface area contributed by atoms with Crippen molar-refractivity contribution in [2.75, 3.05) is 7.11 Å². The molecule has 0 bridgehead atoms. The average molecular weight is 210 g/mol. The van der Waals surface area contributed by atoms with Crippen molar-refractivity contribution in [2.24, 2.45) is 0 Å². The Bertz CT molecular complexity index is 360. The fourth-order valence-corrected chi connectivity index (χ4v) is 1.48. The van der Waals surface area contributed by atoms with Gasteiger partial charge in [0.25, 0.3) is 0 Å². The maximum absolute atomic E-state index is 10.9. The minimum absolute atomic E-state index is 0.0327. The summed E-state index contributed by atoms with van der Waals surface area (Å²) < 4.78 is 4.88. The largest absolute Gasteiger partial charge is 0.504 e. The van der Waals surface area contributed by atoms with Gasteiger partial charge in [-0.05, 0) is 24.1 Å². The fourth-order valence-electron chi connectivity index (χ4n) is 1.48. The Kier molecular flexibility index (Phi) is 3.55. The zero-order valence-corrected chi connectivity index (χ0v) is 8.73. The van der Waals surface area contributed by atoms with Gasteiger partial charge in [0.05, 0.1) is 13.0 Å². The molecule has 0 amide bonds. The molecule has 0 aliphatic heterocycles. The predicted octanol–water partition coefficient (Wildman–Crippen LogP) is 1.98. The first kappa shape index (κ1) is 11.4. The number of ether oxygens (including phenoxy) is 1. The molecule has 0 aliphatic rings. The minimum atomic E-state index is -0.887. The van der Waals surface area contributed by atoms with Crippen molar-refractivity contribution >= 4 is 5.97 Å². The summed E-state index contributed by atoms with van der Waals surface area (Å²) in [6.45, 7) is 1.79. The first-order valence-corrected chi connectivity index (χ1v) is 4.69. The van der Waals surface area contributed by atoms with E-state index in [-0.39, 0.29) is 5.75 Å². The second-order valence-corrected chi connectivity index (χ2v) is 3.23. The summed E-state index contributed by atoms with van der Waals surface area (Å²) in [6, 6.07) is 4.65. The first-order valence-electron chi connectivity index (χ1n) is 4.69. The van der Waals surface area contributed by atoms with Crippen LogP contribution in [0.5, 0.6) is 11.5 Å². The number of phenols is 1. The van der Waals surface area contributed by atoms with Crippen molar-refractivity contribution in [3.05, 3.63) is 23.8 Å². The molecule has 15 heavy (non-hydrogen) atoms. The van der Waals surface area contributed by atoms with E-state index in [9.17, 15) is 9.90 Å². The van der Waals surface area contributed by atoms with E-state index in [2.05, 4.69) is 0 Å². The number of hydrogen-bond donors (Lipinski definition) is 2. The lowest BCUT2D eigenvalue weighted by atomic mass is 9.96. The van der Waals surface area contributed by atoms with Crippen molar-refractivity contribution < 1.29 is 19.7 Å². The van der Waals surface area contributed by atoms with Crippen molar-refractivity contribution in [3.8, 4) is 11.5 Å². The Morgan fingerprint density at radius 1 is 1.53 bits per heavy atom. The van der Waals surface area contributed by atoms with Crippen molar-refractivity contribution in [3.63, 3.8) is 0 Å². The second kappa shape index (κ2) is 4.68. The molecule has 1 rings (SSSR count). The number of hydrogen-bond acceptors (Lipinski definition) is 3. The van der Waals surface area contributed by atoms with E-state index >= 15 is 0 Å². The van der Waals surface area contributed by atoms with Crippen LogP contribution in [0.25, 0.3) is 0 Å². The smallest absolute Gasteiger partial charge is 0.310 e. The number of rotatable bonds is 4. The van der Waals surface area contributed by atoms with E-state index in [1.165, 1.54) is 13.2 Å². The van der Waals surface area contributed by atoms with E-state index in [0.717, 1.165) is 0 Å². The highest BCUT2D eigenvalue weighted by Gasteiger charge is 2.18. The molecule has 4 heteroatoms. The van der Waals surface area contributed by atoms with Gasteiger partial charge in [0.1, 0.15) is 0 Å². The molecule has 0 aromatic heterocycles. The summed E-state index contributed by atoms with van der Waals surface area (Å²) in [4.78, 5) is 10.9. The average Bonchev–Trinajstić information content (AvgIpc) is 2.18. The molecule has 4 nitrogen and oxygen atoms in total. The number of aromatic hydroxyl groups is 1. The van der Waals surface area contributed by atoms with Gasteiger partial charge in [0, 0.05) is 0 Å². The third kappa shape index (κ3) is 2.40. The molecular formula is C11H14O4. The summed E-state index contributed by atoms with van der Waals surface area (Å²) in [7, 11) is 1.45. The second-order valence-electron chi connectivity index (χ2n) is 3.23. The van der Waals surface area contributed by atoms with Crippen LogP contribution in [-0.2, 0) is 4.79 Å². The van der Waals surface area contributed by atoms with E-state index in [0.29, 0.717) is 17.7 Å². The highest BCUT2D eigenvalue weighted by atomic mass is 16.5. The molecule has 0 aliphatic carbocycles. The third-order valence-corrected chi connectivity index (χ3v) is 2.31. The van der Waals surface area contributed by atoms with Crippen molar-refractivity contribution in [1.82, 2.24) is 0 Å². The highest BCUT2D eigenvalue weighted by molar-refractivity contribution is 5.76. The number of benzene rings is 1. The van der Waals surface area contributed by atoms with Crippen molar-refractivity contribution in [2.45, 2.75) is 19.3 Å². The molecule has 0 radical (unpaired) electrons. The maximum Gasteiger partial charge on any atom is 0.310 e. The molecule has 0 spiro atoms. The molecule has 82 valence electrons. The van der Waals surface area contributed by atoms with Crippen LogP contribution in [0.2, 0.25) is 0 Å². The standard InChI is InChI=1S/C11H14O4/c1-3-8(11(13)14)7-4-5-10(15-2)9(12)6-7/h4-6,8,12H,3H2,1-2H3,(H,13,14). The zero-order chi connectivity index (χ0) is 11.4. The highest BCUT2D eigenvalue weighted by Crippen LogP contribution is 2.30. The van der Waals surface area contributed by atoms with Crippen LogP contribution in [-0.4, -0.2) is 23.3 Å². The van der Waals surface area contributed by atoms with Crippen LogP contribution in [0.4, 0.5) is 0 Å². The molecule has 0 saturated carbocycles. The maximum atomic E-state index is 10.9. The van der Waals surface area contributed by atoms with E-state index < -0.39 is 11.9 Å². The SMILES string of the molecule is CCC(C(=O)O)c1ccc(OC)c(O)c1. The lowest BCUT2D eigenvalue weighted by Gasteiger charge is -2.11. The third-order valence-electron chi connectivity index (χ3n) is 2.31. The van der Waals surface area contributed by atoms with E-state index in [1.54, 1.807) is 19.1 Å². The van der Waals surface area contributed by atoms with E-state index in [1.807, 2.05) is 0 Å². The van der Waals surface area contributed by atoms with Crippen LogP contribution >= 0.6 is 0 Å². The van der Waals surface area contributed by atoms with Crippen LogP contribution in [0, 0.1) is 0 Å². The fraction of sp³-hybridized carbons (Fsp3) is 0.364. The number of phenolic OH excluding ortho intramolecular Hbond substituents is 1. The predicted molar refractivity (Wildman–Crippen MR) is 55.3 cm³/mol. The summed E-state index contributed by atoms with van der Waals surface area (Å²) >= 11 is 0. The topological polar surface area (TPSA) is 66.8 Å². The summed E-state index contributed by atoms with van der Waals surface area (Å²) in [6.07, 6.45) is 0.487. The molecule has 1 unspecified atom stereocenters. The minimum Gasteiger partial charge on any atom is -0.504 e. The number of methoxy groups -OCH3 is 1. The van der Waals surface area contributed by atoms with Gasteiger partial charge in [0.2, 0.25) is 0 Å². The van der Waals surface area contributed by atoms with Gasteiger partial charge in [-0.15, -0.1) is 0 Å². The van der Waals surface area contributed by atoms with Crippen LogP contribution in [0.1, 0.15) is 24.8 Å². The van der Waals surface area contributed by atoms with Gasteiger partial charge in [-0.2, -0.15) is 0 Å². The monoisotopic (exact) mass is 210 g/mol. The Morgan fingerprint density at radius 3 is 2.60 bits per heavy atom. The van der Waals surface area contributed by atoms with Gasteiger partial charge in [-0.3, -0.25) is 4.79 Å². The molecule has 1 aromatic rings. The van der Waals surface area contributed by atoms with Crippen LogP contribution in [0.15, 0.2) is 18.2 Å². The first-order chi connectivity index (χ1) is 7.10.